The highest BCUT2D eigenvalue weighted by atomic mass is 16.6. The zero-order chi connectivity index (χ0) is 20.4. The Labute approximate surface area is 167 Å². The van der Waals surface area contributed by atoms with Crippen LogP contribution in [0, 0.1) is 10.1 Å². The van der Waals surface area contributed by atoms with Crippen LogP contribution in [0.4, 0.5) is 5.69 Å². The molecule has 0 amide bonds. The molecule has 3 aromatic rings. The van der Waals surface area contributed by atoms with E-state index in [2.05, 4.69) is 24.0 Å². The molecule has 0 bridgehead atoms. The first kappa shape index (κ1) is 19.4. The van der Waals surface area contributed by atoms with Gasteiger partial charge in [-0.25, -0.2) is 4.79 Å². The molecule has 1 aromatic heterocycles. The number of nitro benzene ring substituents is 1. The summed E-state index contributed by atoms with van der Waals surface area (Å²) < 4.78 is 12.5. The van der Waals surface area contributed by atoms with E-state index in [4.69, 9.17) is 9.15 Å². The Balaban J connectivity index is 1.51. The smallest absolute Gasteiger partial charge is 0.408 e. The molecule has 2 atom stereocenters. The minimum Gasteiger partial charge on any atom is -0.408 e. The van der Waals surface area contributed by atoms with Gasteiger partial charge < -0.3 is 9.15 Å². The molecule has 0 radical (unpaired) electrons. The maximum absolute atomic E-state index is 12.2. The van der Waals surface area contributed by atoms with Crippen molar-refractivity contribution in [2.24, 2.45) is 0 Å². The number of hydrogen-bond acceptors (Lipinski definition) is 6. The Morgan fingerprint density at radius 2 is 1.93 bits per heavy atom. The number of rotatable bonds is 6. The van der Waals surface area contributed by atoms with Gasteiger partial charge in [0.05, 0.1) is 29.7 Å². The normalized spacial score (nSPS) is 20.2. The molecule has 2 heterocycles. The number of benzene rings is 2. The number of oxazole rings is 1. The van der Waals surface area contributed by atoms with E-state index in [-0.39, 0.29) is 17.8 Å². The summed E-state index contributed by atoms with van der Waals surface area (Å²) in [7, 11) is 0. The Kier molecular flexibility index (Phi) is 5.46. The summed E-state index contributed by atoms with van der Waals surface area (Å²) >= 11 is 0. The molecule has 0 unspecified atom stereocenters. The van der Waals surface area contributed by atoms with Crippen molar-refractivity contribution >= 4 is 16.8 Å². The van der Waals surface area contributed by atoms with Crippen molar-refractivity contribution in [1.29, 1.82) is 0 Å². The second-order valence-corrected chi connectivity index (χ2v) is 7.33. The van der Waals surface area contributed by atoms with E-state index in [0.717, 1.165) is 6.54 Å². The van der Waals surface area contributed by atoms with Crippen LogP contribution in [-0.4, -0.2) is 40.2 Å². The molecule has 1 aliphatic rings. The van der Waals surface area contributed by atoms with Crippen molar-refractivity contribution < 1.29 is 14.1 Å². The van der Waals surface area contributed by atoms with Gasteiger partial charge in [0, 0.05) is 31.3 Å². The lowest BCUT2D eigenvalue weighted by Crippen LogP contribution is -2.46. The second-order valence-electron chi connectivity index (χ2n) is 7.33. The highest BCUT2D eigenvalue weighted by Gasteiger charge is 2.29. The number of morpholine rings is 1. The molecule has 0 spiro atoms. The van der Waals surface area contributed by atoms with Gasteiger partial charge in [-0.3, -0.25) is 19.6 Å². The molecular formula is C21H23N3O5. The number of ether oxygens (including phenoxy) is 1. The van der Waals surface area contributed by atoms with Crippen LogP contribution in [0.1, 0.15) is 24.9 Å². The topological polar surface area (TPSA) is 90.8 Å². The van der Waals surface area contributed by atoms with Crippen molar-refractivity contribution in [2.75, 3.05) is 19.8 Å². The molecule has 8 nitrogen and oxygen atoms in total. The third-order valence-electron chi connectivity index (χ3n) is 5.45. The van der Waals surface area contributed by atoms with Gasteiger partial charge in [-0.05, 0) is 25.0 Å². The quantitative estimate of drug-likeness (QED) is 0.468. The maximum Gasteiger partial charge on any atom is 0.419 e. The Hall–Kier alpha value is -2.97. The third kappa shape index (κ3) is 3.94. The summed E-state index contributed by atoms with van der Waals surface area (Å²) in [5.74, 6) is -0.491. The first-order chi connectivity index (χ1) is 14.0. The van der Waals surface area contributed by atoms with E-state index in [1.165, 1.54) is 28.3 Å². The summed E-state index contributed by atoms with van der Waals surface area (Å²) in [6.45, 7) is 4.65. The fraction of sp³-hybridized carbons (Fsp3) is 0.381. The fourth-order valence-corrected chi connectivity index (χ4v) is 3.98. The van der Waals surface area contributed by atoms with Gasteiger partial charge in [-0.2, -0.15) is 0 Å². The van der Waals surface area contributed by atoms with Crippen molar-refractivity contribution in [1.82, 2.24) is 9.47 Å². The molecule has 1 saturated heterocycles. The Morgan fingerprint density at radius 3 is 2.69 bits per heavy atom. The number of aryl methyl sites for hydroxylation is 1. The average Bonchev–Trinajstić information content (AvgIpc) is 3.04. The average molecular weight is 397 g/mol. The molecule has 1 fully saturated rings. The molecule has 0 aliphatic carbocycles. The summed E-state index contributed by atoms with van der Waals surface area (Å²) in [5, 5.41) is 11.1. The monoisotopic (exact) mass is 397 g/mol. The van der Waals surface area contributed by atoms with Gasteiger partial charge in [0.1, 0.15) is 0 Å². The number of aromatic nitrogens is 1. The van der Waals surface area contributed by atoms with Gasteiger partial charge in [0.15, 0.2) is 5.58 Å². The lowest BCUT2D eigenvalue weighted by molar-refractivity contribution is -0.384. The molecule has 152 valence electrons. The maximum atomic E-state index is 12.2. The molecule has 0 saturated carbocycles. The lowest BCUT2D eigenvalue weighted by atomic mass is 10.0. The highest BCUT2D eigenvalue weighted by Crippen LogP contribution is 2.27. The molecule has 1 aliphatic heterocycles. The van der Waals surface area contributed by atoms with Crippen LogP contribution in [0.3, 0.4) is 0 Å². The Morgan fingerprint density at radius 1 is 1.14 bits per heavy atom. The largest absolute Gasteiger partial charge is 0.419 e. The van der Waals surface area contributed by atoms with E-state index >= 15 is 0 Å². The molecule has 0 N–H and O–H groups in total. The van der Waals surface area contributed by atoms with Crippen molar-refractivity contribution in [3.63, 3.8) is 0 Å². The number of non-ortho nitro benzene ring substituents is 1. The summed E-state index contributed by atoms with van der Waals surface area (Å²) in [6, 6.07) is 14.9. The van der Waals surface area contributed by atoms with Crippen LogP contribution in [0.15, 0.2) is 57.7 Å². The SMILES string of the molecule is C[C@@H]1COC[C@H](c2ccccc2)N1CCCn1c(=O)oc2ccc([N+](=O)[O-])cc21. The molecule has 29 heavy (non-hydrogen) atoms. The predicted molar refractivity (Wildman–Crippen MR) is 108 cm³/mol. The second kappa shape index (κ2) is 8.18. The number of hydrogen-bond donors (Lipinski definition) is 0. The van der Waals surface area contributed by atoms with Crippen LogP contribution >= 0.6 is 0 Å². The van der Waals surface area contributed by atoms with Crippen LogP contribution in [0.25, 0.3) is 11.1 Å². The van der Waals surface area contributed by atoms with Gasteiger partial charge in [0.25, 0.3) is 5.69 Å². The number of nitrogens with zero attached hydrogens (tertiary/aromatic N) is 3. The van der Waals surface area contributed by atoms with Crippen LogP contribution in [-0.2, 0) is 11.3 Å². The number of fused-ring (bicyclic) bond motifs is 1. The van der Waals surface area contributed by atoms with E-state index in [9.17, 15) is 14.9 Å². The third-order valence-corrected chi connectivity index (χ3v) is 5.45. The minimum absolute atomic E-state index is 0.0574. The summed E-state index contributed by atoms with van der Waals surface area (Å²) in [6.07, 6.45) is 0.713. The minimum atomic E-state index is -0.491. The molecular weight excluding hydrogens is 374 g/mol. The van der Waals surface area contributed by atoms with Crippen molar-refractivity contribution in [2.45, 2.75) is 32.0 Å². The van der Waals surface area contributed by atoms with E-state index in [0.29, 0.717) is 37.3 Å². The fourth-order valence-electron chi connectivity index (χ4n) is 3.98. The first-order valence-corrected chi connectivity index (χ1v) is 9.71. The zero-order valence-electron chi connectivity index (χ0n) is 16.2. The van der Waals surface area contributed by atoms with Gasteiger partial charge in [-0.1, -0.05) is 30.3 Å². The van der Waals surface area contributed by atoms with E-state index < -0.39 is 10.7 Å². The Bertz CT molecular complexity index is 1060. The van der Waals surface area contributed by atoms with E-state index in [1.807, 2.05) is 18.2 Å². The van der Waals surface area contributed by atoms with Crippen molar-refractivity contribution in [3.8, 4) is 0 Å². The van der Waals surface area contributed by atoms with E-state index in [1.54, 1.807) is 0 Å². The van der Waals surface area contributed by atoms with Crippen LogP contribution < -0.4 is 5.76 Å². The molecule has 4 rings (SSSR count). The molecule has 2 aromatic carbocycles. The van der Waals surface area contributed by atoms with Crippen molar-refractivity contribution in [3.05, 3.63) is 74.8 Å². The first-order valence-electron chi connectivity index (χ1n) is 9.71. The van der Waals surface area contributed by atoms with Gasteiger partial charge >= 0.3 is 5.76 Å². The highest BCUT2D eigenvalue weighted by molar-refractivity contribution is 5.75. The lowest BCUT2D eigenvalue weighted by Gasteiger charge is -2.40. The van der Waals surface area contributed by atoms with Crippen LogP contribution in [0.5, 0.6) is 0 Å². The summed E-state index contributed by atoms with van der Waals surface area (Å²) in [4.78, 5) is 25.2. The zero-order valence-corrected chi connectivity index (χ0v) is 16.2. The predicted octanol–water partition coefficient (Wildman–Crippen LogP) is 3.35. The van der Waals surface area contributed by atoms with Gasteiger partial charge in [-0.15, -0.1) is 0 Å². The summed E-state index contributed by atoms with van der Waals surface area (Å²) in [5.41, 5.74) is 1.97. The molecule has 8 heteroatoms. The van der Waals surface area contributed by atoms with Gasteiger partial charge in [0.2, 0.25) is 0 Å². The van der Waals surface area contributed by atoms with Crippen LogP contribution in [0.2, 0.25) is 0 Å². The number of nitro groups is 1. The standard InChI is InChI=1S/C21H23N3O5/c1-15-13-28-14-19(16-6-3-2-4-7-16)22(15)10-5-11-23-18-12-17(24(26)27)8-9-20(18)29-21(23)25/h2-4,6-9,12,15,19H,5,10-11,13-14H2,1H3/t15-,19-/m1/s1.